The summed E-state index contributed by atoms with van der Waals surface area (Å²) in [6.07, 6.45) is 1.88. The first kappa shape index (κ1) is 21.5. The lowest BCUT2D eigenvalue weighted by Gasteiger charge is -2.04. The molecule has 0 nitrogen and oxygen atoms in total. The Kier molecular flexibility index (Phi) is 5.90. The number of thiophene rings is 4. The molecule has 0 amide bonds. The summed E-state index contributed by atoms with van der Waals surface area (Å²) in [6, 6.07) is 35.2. The Bertz CT molecular complexity index is 1540. The molecular formula is C30H20S4. The van der Waals surface area contributed by atoms with Crippen molar-refractivity contribution in [1.82, 2.24) is 0 Å². The maximum Gasteiger partial charge on any atom is 0.0449 e. The second kappa shape index (κ2) is 9.32. The number of rotatable bonds is 6. The summed E-state index contributed by atoms with van der Waals surface area (Å²) in [4.78, 5) is 9.32. The highest BCUT2D eigenvalue weighted by molar-refractivity contribution is 7.28. The molecule has 0 saturated heterocycles. The van der Waals surface area contributed by atoms with Gasteiger partial charge in [-0.1, -0.05) is 67.3 Å². The fourth-order valence-electron chi connectivity index (χ4n) is 3.89. The van der Waals surface area contributed by atoms with Crippen LogP contribution in [0.2, 0.25) is 0 Å². The van der Waals surface area contributed by atoms with Gasteiger partial charge in [0.05, 0.1) is 0 Å². The third-order valence-corrected chi connectivity index (χ3v) is 10.5. The zero-order valence-corrected chi connectivity index (χ0v) is 21.5. The van der Waals surface area contributed by atoms with Gasteiger partial charge in [-0.15, -0.1) is 45.3 Å². The average Bonchev–Trinajstić information content (AvgIpc) is 3.70. The van der Waals surface area contributed by atoms with E-state index in [1.807, 2.05) is 40.1 Å². The molecule has 0 bridgehead atoms. The van der Waals surface area contributed by atoms with Gasteiger partial charge in [-0.2, -0.15) is 0 Å². The molecule has 2 aromatic carbocycles. The second-order valence-corrected chi connectivity index (χ2v) is 12.1. The van der Waals surface area contributed by atoms with Crippen LogP contribution >= 0.6 is 45.3 Å². The molecule has 0 aliphatic carbocycles. The first-order valence-electron chi connectivity index (χ1n) is 10.9. The van der Waals surface area contributed by atoms with E-state index in [-0.39, 0.29) is 0 Å². The van der Waals surface area contributed by atoms with Crippen LogP contribution in [-0.4, -0.2) is 0 Å². The molecule has 4 aromatic heterocycles. The average molecular weight is 509 g/mol. The van der Waals surface area contributed by atoms with Gasteiger partial charge in [0.2, 0.25) is 0 Å². The zero-order valence-electron chi connectivity index (χ0n) is 18.2. The third kappa shape index (κ3) is 4.26. The van der Waals surface area contributed by atoms with E-state index in [9.17, 15) is 0 Å². The first-order chi connectivity index (χ1) is 16.8. The van der Waals surface area contributed by atoms with Crippen molar-refractivity contribution in [2.45, 2.75) is 0 Å². The molecule has 6 aromatic rings. The van der Waals surface area contributed by atoms with Gasteiger partial charge in [0.1, 0.15) is 0 Å². The Morgan fingerprint density at radius 3 is 1.38 bits per heavy atom. The van der Waals surface area contributed by atoms with Gasteiger partial charge in [0.25, 0.3) is 0 Å². The molecule has 0 unspecified atom stereocenters. The van der Waals surface area contributed by atoms with Gasteiger partial charge in [-0.25, -0.2) is 0 Å². The largest absolute Gasteiger partial charge is 0.143 e. The van der Waals surface area contributed by atoms with Gasteiger partial charge in [-0.05, 0) is 70.1 Å². The van der Waals surface area contributed by atoms with Crippen LogP contribution in [0.3, 0.4) is 0 Å². The Morgan fingerprint density at radius 2 is 0.882 bits per heavy atom. The topological polar surface area (TPSA) is 0 Å². The van der Waals surface area contributed by atoms with E-state index in [0.29, 0.717) is 0 Å². The maximum atomic E-state index is 3.83. The number of hydrogen-bond acceptors (Lipinski definition) is 4. The zero-order chi connectivity index (χ0) is 22.9. The van der Waals surface area contributed by atoms with Crippen molar-refractivity contribution in [3.05, 3.63) is 115 Å². The Hall–Kier alpha value is -3.02. The highest BCUT2D eigenvalue weighted by atomic mass is 32.1. The van der Waals surface area contributed by atoms with E-state index in [4.69, 9.17) is 0 Å². The van der Waals surface area contributed by atoms with Crippen LogP contribution in [0.15, 0.2) is 109 Å². The molecule has 4 heteroatoms. The molecule has 0 aliphatic rings. The fraction of sp³-hybridized carbons (Fsp3) is 0. The van der Waals surface area contributed by atoms with Gasteiger partial charge in [-0.3, -0.25) is 0 Å². The molecule has 0 spiro atoms. The lowest BCUT2D eigenvalue weighted by Crippen LogP contribution is -1.79. The summed E-state index contributed by atoms with van der Waals surface area (Å²) in [5.41, 5.74) is 4.87. The van der Waals surface area contributed by atoms with Crippen LogP contribution < -0.4 is 0 Å². The smallest absolute Gasteiger partial charge is 0.0449 e. The minimum absolute atomic E-state index is 1.14. The van der Waals surface area contributed by atoms with Crippen molar-refractivity contribution >= 4 is 51.4 Å². The molecule has 0 aliphatic heterocycles. The standard InChI is InChI=1S/C30H20S4/c1-2-20-5-7-21(8-6-20)22-9-11-23(12-10-22)24-13-14-27(32-24)28-17-18-30(34-28)29-16-15-26(33-29)25-4-3-19-31-25/h2-19H,1H2. The number of hydrogen-bond donors (Lipinski definition) is 0. The van der Waals surface area contributed by atoms with Crippen molar-refractivity contribution in [3.63, 3.8) is 0 Å². The lowest BCUT2D eigenvalue weighted by molar-refractivity contribution is 1.60. The SMILES string of the molecule is C=Cc1ccc(-c2ccc(-c3ccc(-c4ccc(-c5ccc(-c6cccs6)s5)s4)s3)cc2)cc1. The predicted molar refractivity (Wildman–Crippen MR) is 155 cm³/mol. The van der Waals surface area contributed by atoms with Crippen molar-refractivity contribution in [2.75, 3.05) is 0 Å². The predicted octanol–water partition coefficient (Wildman–Crippen LogP) is 10.9. The molecule has 6 rings (SSSR count). The van der Waals surface area contributed by atoms with Gasteiger partial charge < -0.3 is 0 Å². The van der Waals surface area contributed by atoms with E-state index in [0.717, 1.165) is 5.56 Å². The molecule has 34 heavy (non-hydrogen) atoms. The quantitative estimate of drug-likeness (QED) is 0.210. The highest BCUT2D eigenvalue weighted by Gasteiger charge is 2.11. The van der Waals surface area contributed by atoms with Crippen molar-refractivity contribution < 1.29 is 0 Å². The molecule has 0 N–H and O–H groups in total. The Balaban J connectivity index is 1.21. The minimum atomic E-state index is 1.14. The van der Waals surface area contributed by atoms with Gasteiger partial charge >= 0.3 is 0 Å². The molecule has 164 valence electrons. The van der Waals surface area contributed by atoms with Crippen LogP contribution in [0.1, 0.15) is 5.56 Å². The molecule has 0 fully saturated rings. The Morgan fingerprint density at radius 1 is 0.441 bits per heavy atom. The molecule has 0 radical (unpaired) electrons. The monoisotopic (exact) mass is 508 g/mol. The summed E-state index contributed by atoms with van der Waals surface area (Å²) in [6.45, 7) is 3.83. The van der Waals surface area contributed by atoms with Crippen molar-refractivity contribution in [2.24, 2.45) is 0 Å². The summed E-state index contributed by atoms with van der Waals surface area (Å²) >= 11 is 7.42. The van der Waals surface area contributed by atoms with Gasteiger partial charge in [0.15, 0.2) is 0 Å². The van der Waals surface area contributed by atoms with Crippen molar-refractivity contribution in [1.29, 1.82) is 0 Å². The van der Waals surface area contributed by atoms with E-state index >= 15 is 0 Å². The van der Waals surface area contributed by atoms with Crippen LogP contribution in [0.25, 0.3) is 56.9 Å². The van der Waals surface area contributed by atoms with Crippen LogP contribution in [0, 0.1) is 0 Å². The van der Waals surface area contributed by atoms with E-state index < -0.39 is 0 Å². The maximum absolute atomic E-state index is 3.83. The van der Waals surface area contributed by atoms with E-state index in [1.54, 1.807) is 11.3 Å². The normalized spacial score (nSPS) is 11.1. The minimum Gasteiger partial charge on any atom is -0.143 e. The van der Waals surface area contributed by atoms with Crippen LogP contribution in [0.5, 0.6) is 0 Å². The Labute approximate surface area is 215 Å². The number of benzene rings is 2. The molecule has 0 atom stereocenters. The summed E-state index contributed by atoms with van der Waals surface area (Å²) < 4.78 is 0. The summed E-state index contributed by atoms with van der Waals surface area (Å²) in [7, 11) is 0. The third-order valence-electron chi connectivity index (χ3n) is 5.72. The van der Waals surface area contributed by atoms with Crippen LogP contribution in [-0.2, 0) is 0 Å². The molecule has 4 heterocycles. The summed E-state index contributed by atoms with van der Waals surface area (Å²) in [5, 5.41) is 2.14. The van der Waals surface area contributed by atoms with E-state index in [1.165, 1.54) is 50.8 Å². The van der Waals surface area contributed by atoms with Crippen LogP contribution in [0.4, 0.5) is 0 Å². The second-order valence-electron chi connectivity index (χ2n) is 7.87. The van der Waals surface area contributed by atoms with Crippen molar-refractivity contribution in [3.8, 4) is 50.8 Å². The molecule has 0 saturated carbocycles. The first-order valence-corrected chi connectivity index (χ1v) is 14.3. The van der Waals surface area contributed by atoms with E-state index in [2.05, 4.69) is 109 Å². The lowest BCUT2D eigenvalue weighted by atomic mass is 10.0. The molecular weight excluding hydrogens is 489 g/mol. The van der Waals surface area contributed by atoms with Gasteiger partial charge in [0, 0.05) is 34.1 Å². The highest BCUT2D eigenvalue weighted by Crippen LogP contribution is 2.43. The fourth-order valence-corrected chi connectivity index (χ4v) is 7.93. The summed E-state index contributed by atoms with van der Waals surface area (Å²) in [5.74, 6) is 0.